The number of imidazole rings is 1. The highest BCUT2D eigenvalue weighted by Crippen LogP contribution is 2.15. The summed E-state index contributed by atoms with van der Waals surface area (Å²) in [5.74, 6) is 2.29. The minimum atomic E-state index is 0.873. The first-order chi connectivity index (χ1) is 5.92. The largest absolute Gasteiger partial charge is 0.368 e. The summed E-state index contributed by atoms with van der Waals surface area (Å²) in [5.41, 5.74) is 0. The van der Waals surface area contributed by atoms with E-state index in [1.54, 1.807) is 0 Å². The summed E-state index contributed by atoms with van der Waals surface area (Å²) in [6.07, 6.45) is 1.90. The van der Waals surface area contributed by atoms with Crippen molar-refractivity contribution in [3.8, 4) is 0 Å². The fourth-order valence-corrected chi connectivity index (χ4v) is 1.48. The molecular weight excluding hydrogens is 152 g/mol. The highest BCUT2D eigenvalue weighted by Gasteiger charge is 2.13. The van der Waals surface area contributed by atoms with E-state index in [0.717, 1.165) is 37.8 Å². The molecule has 0 amide bonds. The van der Waals surface area contributed by atoms with Crippen molar-refractivity contribution in [1.29, 1.82) is 0 Å². The van der Waals surface area contributed by atoms with Crippen LogP contribution in [0.1, 0.15) is 12.7 Å². The molecule has 12 heavy (non-hydrogen) atoms. The third kappa shape index (κ3) is 1.18. The lowest BCUT2D eigenvalue weighted by Crippen LogP contribution is -2.15. The van der Waals surface area contributed by atoms with Crippen molar-refractivity contribution >= 4 is 5.82 Å². The van der Waals surface area contributed by atoms with Crippen molar-refractivity contribution in [2.45, 2.75) is 20.0 Å². The van der Waals surface area contributed by atoms with Gasteiger partial charge in [0, 0.05) is 13.1 Å². The Morgan fingerprint density at radius 2 is 2.67 bits per heavy atom. The van der Waals surface area contributed by atoms with Crippen molar-refractivity contribution in [2.75, 3.05) is 18.4 Å². The molecule has 2 heterocycles. The first-order valence-electron chi connectivity index (χ1n) is 4.41. The molecule has 0 fully saturated rings. The summed E-state index contributed by atoms with van der Waals surface area (Å²) in [7, 11) is 0. The number of aromatic nitrogens is 2. The van der Waals surface area contributed by atoms with E-state index in [1.165, 1.54) is 0 Å². The van der Waals surface area contributed by atoms with Crippen molar-refractivity contribution in [1.82, 2.24) is 14.9 Å². The zero-order valence-electron chi connectivity index (χ0n) is 7.30. The maximum absolute atomic E-state index is 4.31. The van der Waals surface area contributed by atoms with Crippen LogP contribution in [0.2, 0.25) is 0 Å². The van der Waals surface area contributed by atoms with Crippen LogP contribution in [0, 0.1) is 0 Å². The van der Waals surface area contributed by atoms with Crippen LogP contribution in [0.4, 0.5) is 5.82 Å². The molecule has 2 N–H and O–H groups in total. The van der Waals surface area contributed by atoms with Gasteiger partial charge in [-0.2, -0.15) is 0 Å². The molecule has 1 aliphatic rings. The molecule has 0 aliphatic carbocycles. The molecule has 0 spiro atoms. The molecule has 0 bridgehead atoms. The number of rotatable bonds is 3. The van der Waals surface area contributed by atoms with Crippen LogP contribution >= 0.6 is 0 Å². The number of nitrogens with one attached hydrogen (secondary N) is 2. The number of nitrogens with zero attached hydrogens (tertiary/aromatic N) is 2. The molecule has 2 rings (SSSR count). The Hall–Kier alpha value is -1.03. The Morgan fingerprint density at radius 1 is 1.75 bits per heavy atom. The molecule has 4 nitrogen and oxygen atoms in total. The zero-order valence-corrected chi connectivity index (χ0v) is 7.30. The molecule has 66 valence electrons. The first-order valence-corrected chi connectivity index (χ1v) is 4.41. The van der Waals surface area contributed by atoms with Gasteiger partial charge in [0.2, 0.25) is 0 Å². The standard InChI is InChI=1S/C8H14N4/c1-2-9-5-7-11-6-8-10-3-4-12(7)8/h6,9-10H,2-5H2,1H3. The first kappa shape index (κ1) is 7.61. The number of hydrogen-bond acceptors (Lipinski definition) is 3. The van der Waals surface area contributed by atoms with Crippen molar-refractivity contribution in [3.63, 3.8) is 0 Å². The summed E-state index contributed by atoms with van der Waals surface area (Å²) in [5, 5.41) is 6.54. The Labute approximate surface area is 72.0 Å². The quantitative estimate of drug-likeness (QED) is 0.683. The second kappa shape index (κ2) is 3.15. The molecular formula is C8H14N4. The normalized spacial score (nSPS) is 14.4. The fourth-order valence-electron chi connectivity index (χ4n) is 1.48. The maximum Gasteiger partial charge on any atom is 0.126 e. The second-order valence-corrected chi connectivity index (χ2v) is 2.92. The van der Waals surface area contributed by atoms with E-state index in [2.05, 4.69) is 27.1 Å². The molecule has 1 aromatic heterocycles. The summed E-state index contributed by atoms with van der Waals surface area (Å²) < 4.78 is 2.22. The van der Waals surface area contributed by atoms with Gasteiger partial charge in [-0.3, -0.25) is 0 Å². The van der Waals surface area contributed by atoms with Crippen LogP contribution in [0.5, 0.6) is 0 Å². The average molecular weight is 166 g/mol. The lowest BCUT2D eigenvalue weighted by molar-refractivity contribution is 0.642. The highest BCUT2D eigenvalue weighted by molar-refractivity contribution is 5.38. The van der Waals surface area contributed by atoms with Gasteiger partial charge in [0.15, 0.2) is 0 Å². The smallest absolute Gasteiger partial charge is 0.126 e. The van der Waals surface area contributed by atoms with Crippen LogP contribution in [0.3, 0.4) is 0 Å². The minimum Gasteiger partial charge on any atom is -0.368 e. The fraction of sp³-hybridized carbons (Fsp3) is 0.625. The van der Waals surface area contributed by atoms with Crippen molar-refractivity contribution < 1.29 is 0 Å². The van der Waals surface area contributed by atoms with Gasteiger partial charge in [0.1, 0.15) is 11.6 Å². The van der Waals surface area contributed by atoms with E-state index in [4.69, 9.17) is 0 Å². The van der Waals surface area contributed by atoms with E-state index in [9.17, 15) is 0 Å². The highest BCUT2D eigenvalue weighted by atomic mass is 15.2. The SMILES string of the molecule is CCNCc1ncc2n1CCN2. The predicted octanol–water partition coefficient (Wildman–Crippen LogP) is 0.418. The molecule has 0 saturated carbocycles. The van der Waals surface area contributed by atoms with Gasteiger partial charge in [-0.1, -0.05) is 6.92 Å². The van der Waals surface area contributed by atoms with Crippen LogP contribution < -0.4 is 10.6 Å². The lowest BCUT2D eigenvalue weighted by Gasteiger charge is -2.02. The van der Waals surface area contributed by atoms with Gasteiger partial charge in [-0.15, -0.1) is 0 Å². The molecule has 0 unspecified atom stereocenters. The molecule has 0 atom stereocenters. The van der Waals surface area contributed by atoms with Crippen LogP contribution in [0.25, 0.3) is 0 Å². The Bertz CT molecular complexity index is 266. The van der Waals surface area contributed by atoms with Gasteiger partial charge in [-0.25, -0.2) is 4.98 Å². The van der Waals surface area contributed by atoms with Gasteiger partial charge in [0.05, 0.1) is 12.7 Å². The number of fused-ring (bicyclic) bond motifs is 1. The summed E-state index contributed by atoms with van der Waals surface area (Å²) in [4.78, 5) is 4.31. The van der Waals surface area contributed by atoms with E-state index in [1.807, 2.05) is 6.20 Å². The van der Waals surface area contributed by atoms with Gasteiger partial charge >= 0.3 is 0 Å². The van der Waals surface area contributed by atoms with E-state index in [-0.39, 0.29) is 0 Å². The summed E-state index contributed by atoms with van der Waals surface area (Å²) >= 11 is 0. The topological polar surface area (TPSA) is 41.9 Å². The molecule has 0 aromatic carbocycles. The minimum absolute atomic E-state index is 0.873. The van der Waals surface area contributed by atoms with Crippen molar-refractivity contribution in [2.24, 2.45) is 0 Å². The molecule has 4 heteroatoms. The number of hydrogen-bond donors (Lipinski definition) is 2. The predicted molar refractivity (Wildman–Crippen MR) is 48.1 cm³/mol. The monoisotopic (exact) mass is 166 g/mol. The number of anilines is 1. The molecule has 0 radical (unpaired) electrons. The lowest BCUT2D eigenvalue weighted by atomic mass is 10.5. The second-order valence-electron chi connectivity index (χ2n) is 2.92. The Kier molecular flexibility index (Phi) is 1.99. The van der Waals surface area contributed by atoms with E-state index in [0.29, 0.717) is 0 Å². The molecule has 1 aromatic rings. The zero-order chi connectivity index (χ0) is 8.39. The van der Waals surface area contributed by atoms with Crippen LogP contribution in [0.15, 0.2) is 6.20 Å². The van der Waals surface area contributed by atoms with E-state index < -0.39 is 0 Å². The molecule has 1 aliphatic heterocycles. The molecule has 0 saturated heterocycles. The van der Waals surface area contributed by atoms with Gasteiger partial charge in [-0.05, 0) is 6.54 Å². The van der Waals surface area contributed by atoms with Gasteiger partial charge < -0.3 is 15.2 Å². The van der Waals surface area contributed by atoms with E-state index >= 15 is 0 Å². The summed E-state index contributed by atoms with van der Waals surface area (Å²) in [6, 6.07) is 0. The maximum atomic E-state index is 4.31. The summed E-state index contributed by atoms with van der Waals surface area (Å²) in [6.45, 7) is 6.06. The Morgan fingerprint density at radius 3 is 3.50 bits per heavy atom. The Balaban J connectivity index is 2.11. The third-order valence-electron chi connectivity index (χ3n) is 2.11. The van der Waals surface area contributed by atoms with Crippen LogP contribution in [-0.2, 0) is 13.1 Å². The average Bonchev–Trinajstić information content (AvgIpc) is 2.62. The van der Waals surface area contributed by atoms with Crippen LogP contribution in [-0.4, -0.2) is 22.6 Å². The van der Waals surface area contributed by atoms with Gasteiger partial charge in [0.25, 0.3) is 0 Å². The van der Waals surface area contributed by atoms with Crippen molar-refractivity contribution in [3.05, 3.63) is 12.0 Å². The third-order valence-corrected chi connectivity index (χ3v) is 2.11.